The molecule has 1 aliphatic rings. The Kier molecular flexibility index (Phi) is 5.79. The number of methoxy groups -OCH3 is 1. The summed E-state index contributed by atoms with van der Waals surface area (Å²) in [5.74, 6) is 0.814. The summed E-state index contributed by atoms with van der Waals surface area (Å²) in [6, 6.07) is 15.1. The zero-order valence-corrected chi connectivity index (χ0v) is 19.7. The lowest BCUT2D eigenvalue weighted by Gasteiger charge is -2.32. The van der Waals surface area contributed by atoms with Crippen molar-refractivity contribution < 1.29 is 13.2 Å². The third-order valence-electron chi connectivity index (χ3n) is 5.84. The first-order valence-corrected chi connectivity index (χ1v) is 12.1. The second kappa shape index (κ2) is 8.21. The number of ether oxygens (including phenoxy) is 1. The Bertz CT molecular complexity index is 1210. The van der Waals surface area contributed by atoms with E-state index in [2.05, 4.69) is 39.6 Å². The van der Waals surface area contributed by atoms with Crippen molar-refractivity contribution in [3.63, 3.8) is 0 Å². The predicted molar refractivity (Wildman–Crippen MR) is 125 cm³/mol. The molecule has 5 nitrogen and oxygen atoms in total. The SMILES string of the molecule is COc1ccc(NS(=O)(=O)c2cccc3ccc(Br)cc23)c2c1C[C@@H](N(C)C)CC2. The van der Waals surface area contributed by atoms with E-state index in [9.17, 15) is 8.42 Å². The van der Waals surface area contributed by atoms with E-state index in [-0.39, 0.29) is 4.90 Å². The van der Waals surface area contributed by atoms with Crippen LogP contribution in [0.2, 0.25) is 0 Å². The summed E-state index contributed by atoms with van der Waals surface area (Å²) in [5, 5.41) is 1.57. The van der Waals surface area contributed by atoms with E-state index in [0.717, 1.165) is 46.0 Å². The van der Waals surface area contributed by atoms with Crippen LogP contribution in [-0.2, 0) is 22.9 Å². The van der Waals surface area contributed by atoms with Crippen molar-refractivity contribution in [2.75, 3.05) is 25.9 Å². The molecule has 1 N–H and O–H groups in total. The van der Waals surface area contributed by atoms with Crippen LogP contribution in [0.1, 0.15) is 17.5 Å². The summed E-state index contributed by atoms with van der Waals surface area (Å²) >= 11 is 3.45. The summed E-state index contributed by atoms with van der Waals surface area (Å²) in [4.78, 5) is 2.49. The summed E-state index contributed by atoms with van der Waals surface area (Å²) in [6.45, 7) is 0. The maximum absolute atomic E-state index is 13.4. The Morgan fingerprint density at radius 1 is 1.10 bits per heavy atom. The van der Waals surface area contributed by atoms with Gasteiger partial charge in [0, 0.05) is 21.5 Å². The summed E-state index contributed by atoms with van der Waals surface area (Å²) in [7, 11) is 2.05. The molecule has 0 aromatic heterocycles. The average molecular weight is 489 g/mol. The zero-order chi connectivity index (χ0) is 21.5. The van der Waals surface area contributed by atoms with Crippen LogP contribution in [0.3, 0.4) is 0 Å². The molecule has 7 heteroatoms. The van der Waals surface area contributed by atoms with Crippen LogP contribution < -0.4 is 9.46 Å². The molecule has 0 amide bonds. The molecule has 0 saturated carbocycles. The van der Waals surface area contributed by atoms with E-state index in [1.807, 2.05) is 36.4 Å². The molecule has 0 unspecified atom stereocenters. The van der Waals surface area contributed by atoms with Gasteiger partial charge in [-0.1, -0.05) is 34.1 Å². The van der Waals surface area contributed by atoms with Gasteiger partial charge in [-0.05, 0) is 74.6 Å². The number of benzene rings is 3. The number of rotatable bonds is 5. The van der Waals surface area contributed by atoms with Gasteiger partial charge in [0.1, 0.15) is 5.75 Å². The number of halogens is 1. The normalized spacial score (nSPS) is 16.5. The van der Waals surface area contributed by atoms with Gasteiger partial charge in [0.25, 0.3) is 10.0 Å². The summed E-state index contributed by atoms with van der Waals surface area (Å²) in [5.41, 5.74) is 2.75. The minimum absolute atomic E-state index is 0.271. The van der Waals surface area contributed by atoms with E-state index in [0.29, 0.717) is 17.1 Å². The fourth-order valence-corrected chi connectivity index (χ4v) is 5.88. The summed E-state index contributed by atoms with van der Waals surface area (Å²) in [6.07, 6.45) is 2.61. The Morgan fingerprint density at radius 2 is 1.90 bits per heavy atom. The van der Waals surface area contributed by atoms with Crippen LogP contribution in [-0.4, -0.2) is 40.6 Å². The molecule has 0 bridgehead atoms. The Balaban J connectivity index is 1.77. The highest BCUT2D eigenvalue weighted by Gasteiger charge is 2.27. The van der Waals surface area contributed by atoms with Crippen LogP contribution in [0.25, 0.3) is 10.8 Å². The van der Waals surface area contributed by atoms with Gasteiger partial charge in [-0.25, -0.2) is 8.42 Å². The molecule has 0 spiro atoms. The average Bonchev–Trinajstić information content (AvgIpc) is 2.72. The molecule has 1 aliphatic carbocycles. The molecular formula is C23H25BrN2O3S. The maximum Gasteiger partial charge on any atom is 0.262 e. The van der Waals surface area contributed by atoms with Gasteiger partial charge in [0.2, 0.25) is 0 Å². The van der Waals surface area contributed by atoms with E-state index >= 15 is 0 Å². The van der Waals surface area contributed by atoms with Gasteiger partial charge in [-0.3, -0.25) is 4.72 Å². The number of likely N-dealkylation sites (N-methyl/N-ethyl adjacent to an activating group) is 1. The van der Waals surface area contributed by atoms with E-state index in [1.54, 1.807) is 19.2 Å². The number of fused-ring (bicyclic) bond motifs is 2. The first-order chi connectivity index (χ1) is 14.3. The van der Waals surface area contributed by atoms with Crippen molar-refractivity contribution in [2.24, 2.45) is 0 Å². The minimum Gasteiger partial charge on any atom is -0.496 e. The predicted octanol–water partition coefficient (Wildman–Crippen LogP) is 4.83. The Morgan fingerprint density at radius 3 is 2.63 bits per heavy atom. The van der Waals surface area contributed by atoms with Gasteiger partial charge >= 0.3 is 0 Å². The molecule has 158 valence electrons. The molecule has 1 atom stereocenters. The van der Waals surface area contributed by atoms with Gasteiger partial charge in [-0.2, -0.15) is 0 Å². The monoisotopic (exact) mass is 488 g/mol. The Labute approximate surface area is 186 Å². The molecule has 0 saturated heterocycles. The topological polar surface area (TPSA) is 58.6 Å². The number of sulfonamides is 1. The number of nitrogens with one attached hydrogen (secondary N) is 1. The van der Waals surface area contributed by atoms with Crippen molar-refractivity contribution >= 4 is 42.4 Å². The lowest BCUT2D eigenvalue weighted by molar-refractivity contribution is 0.265. The largest absolute Gasteiger partial charge is 0.496 e. The molecule has 30 heavy (non-hydrogen) atoms. The van der Waals surface area contributed by atoms with Crippen LogP contribution in [0.4, 0.5) is 5.69 Å². The van der Waals surface area contributed by atoms with Gasteiger partial charge in [0.15, 0.2) is 0 Å². The smallest absolute Gasteiger partial charge is 0.262 e. The highest BCUT2D eigenvalue weighted by molar-refractivity contribution is 9.10. The fraction of sp³-hybridized carbons (Fsp3) is 0.304. The summed E-state index contributed by atoms with van der Waals surface area (Å²) < 4.78 is 36.0. The molecule has 0 aliphatic heterocycles. The van der Waals surface area contributed by atoms with Crippen molar-refractivity contribution in [3.8, 4) is 5.75 Å². The van der Waals surface area contributed by atoms with Crippen LogP contribution in [0.15, 0.2) is 57.9 Å². The second-order valence-electron chi connectivity index (χ2n) is 7.86. The third-order valence-corrected chi connectivity index (χ3v) is 7.76. The number of hydrogen-bond acceptors (Lipinski definition) is 4. The van der Waals surface area contributed by atoms with Crippen molar-refractivity contribution in [1.82, 2.24) is 4.90 Å². The molecule has 0 fully saturated rings. The lowest BCUT2D eigenvalue weighted by Crippen LogP contribution is -2.34. The van der Waals surface area contributed by atoms with Crippen LogP contribution >= 0.6 is 15.9 Å². The standard InChI is InChI=1S/C23H25BrN2O3S/c1-26(2)17-9-10-18-20(14-17)22(29-3)12-11-21(18)25-30(27,28)23-6-4-5-15-7-8-16(24)13-19(15)23/h4-8,11-13,17,25H,9-10,14H2,1-3H3/t17-/m0/s1. The molecule has 0 heterocycles. The molecular weight excluding hydrogens is 464 g/mol. The van der Waals surface area contributed by atoms with E-state index in [1.165, 1.54) is 0 Å². The van der Waals surface area contributed by atoms with Crippen LogP contribution in [0, 0.1) is 0 Å². The third kappa shape index (κ3) is 3.94. The first-order valence-electron chi connectivity index (χ1n) is 9.86. The highest BCUT2D eigenvalue weighted by Crippen LogP contribution is 2.37. The molecule has 4 rings (SSSR count). The highest BCUT2D eigenvalue weighted by atomic mass is 79.9. The number of anilines is 1. The van der Waals surface area contributed by atoms with Crippen LogP contribution in [0.5, 0.6) is 5.75 Å². The number of hydrogen-bond donors (Lipinski definition) is 1. The fourth-order valence-electron chi connectivity index (χ4n) is 4.21. The quantitative estimate of drug-likeness (QED) is 0.558. The van der Waals surface area contributed by atoms with Crippen molar-refractivity contribution in [3.05, 3.63) is 64.1 Å². The first kappa shape index (κ1) is 21.2. The van der Waals surface area contributed by atoms with Gasteiger partial charge < -0.3 is 9.64 Å². The zero-order valence-electron chi connectivity index (χ0n) is 17.3. The second-order valence-corrected chi connectivity index (χ2v) is 10.4. The molecule has 3 aromatic carbocycles. The van der Waals surface area contributed by atoms with Crippen molar-refractivity contribution in [2.45, 2.75) is 30.2 Å². The Hall–Kier alpha value is -2.09. The van der Waals surface area contributed by atoms with E-state index < -0.39 is 10.0 Å². The van der Waals surface area contributed by atoms with E-state index in [4.69, 9.17) is 4.74 Å². The minimum atomic E-state index is -3.76. The van der Waals surface area contributed by atoms with Gasteiger partial charge in [0.05, 0.1) is 17.7 Å². The molecule has 0 radical (unpaired) electrons. The number of nitrogens with zero attached hydrogens (tertiary/aromatic N) is 1. The molecule has 3 aromatic rings. The lowest BCUT2D eigenvalue weighted by atomic mass is 9.86. The van der Waals surface area contributed by atoms with Crippen molar-refractivity contribution in [1.29, 1.82) is 0 Å². The maximum atomic E-state index is 13.4. The van der Waals surface area contributed by atoms with Gasteiger partial charge in [-0.15, -0.1) is 0 Å².